The van der Waals surface area contributed by atoms with Gasteiger partial charge in [-0.1, -0.05) is 0 Å². The van der Waals surface area contributed by atoms with Crippen molar-refractivity contribution < 1.29 is 21.6 Å². The maximum absolute atomic E-state index is 13.3. The zero-order valence-corrected chi connectivity index (χ0v) is 19.7. The molecule has 4 rings (SSSR count). The van der Waals surface area contributed by atoms with Crippen molar-refractivity contribution in [3.05, 3.63) is 42.2 Å². The van der Waals surface area contributed by atoms with E-state index in [9.17, 15) is 21.6 Å². The smallest absolute Gasteiger partial charge is 0.247 e. The van der Waals surface area contributed by atoms with Gasteiger partial charge in [-0.25, -0.2) is 31.1 Å². The minimum atomic E-state index is -3.81. The maximum atomic E-state index is 13.3. The van der Waals surface area contributed by atoms with Gasteiger partial charge in [0.2, 0.25) is 31.9 Å². The highest BCUT2D eigenvalue weighted by Crippen LogP contribution is 2.37. The van der Waals surface area contributed by atoms with Crippen molar-refractivity contribution in [3.8, 4) is 0 Å². The molecule has 0 radical (unpaired) electrons. The first-order chi connectivity index (χ1) is 14.9. The standard InChI is InChI=1S/C20H25N5O5S2/c1-15-13-16(25-18(26)20(2,3)14-31(25,27)28)5-6-17(15)32(29,30)24-11-9-23(10-12-24)19-21-7-4-8-22-19/h4-8,13H,9-12,14H2,1-3H3. The summed E-state index contributed by atoms with van der Waals surface area (Å²) in [6.07, 6.45) is 3.28. The average molecular weight is 480 g/mol. The Hall–Kier alpha value is -2.57. The van der Waals surface area contributed by atoms with Gasteiger partial charge in [-0.15, -0.1) is 0 Å². The Morgan fingerprint density at radius 2 is 1.66 bits per heavy atom. The van der Waals surface area contributed by atoms with Crippen molar-refractivity contribution >= 4 is 37.6 Å². The van der Waals surface area contributed by atoms with E-state index in [0.717, 1.165) is 4.31 Å². The molecule has 2 aromatic rings. The summed E-state index contributed by atoms with van der Waals surface area (Å²) in [7, 11) is -7.60. The van der Waals surface area contributed by atoms with Gasteiger partial charge in [0.15, 0.2) is 0 Å². The summed E-state index contributed by atoms with van der Waals surface area (Å²) < 4.78 is 53.8. The minimum Gasteiger partial charge on any atom is -0.338 e. The second-order valence-corrected chi connectivity index (χ2v) is 12.3. The van der Waals surface area contributed by atoms with Gasteiger partial charge < -0.3 is 4.90 Å². The molecule has 2 saturated heterocycles. The van der Waals surface area contributed by atoms with E-state index in [4.69, 9.17) is 0 Å². The lowest BCUT2D eigenvalue weighted by molar-refractivity contribution is -0.123. The Morgan fingerprint density at radius 3 is 2.19 bits per heavy atom. The fraction of sp³-hybridized carbons (Fsp3) is 0.450. The van der Waals surface area contributed by atoms with Crippen LogP contribution in [-0.2, 0) is 24.8 Å². The SMILES string of the molecule is Cc1cc(N2C(=O)C(C)(C)CS2(=O)=O)ccc1S(=O)(=O)N1CCN(c2ncccn2)CC1. The molecule has 0 saturated carbocycles. The third-order valence-corrected chi connectivity index (χ3v) is 9.75. The third-order valence-electron chi connectivity index (χ3n) is 5.67. The minimum absolute atomic E-state index is 0.0916. The summed E-state index contributed by atoms with van der Waals surface area (Å²) >= 11 is 0. The lowest BCUT2D eigenvalue weighted by Gasteiger charge is -2.34. The van der Waals surface area contributed by atoms with Gasteiger partial charge in [-0.3, -0.25) is 4.79 Å². The molecule has 2 aliphatic heterocycles. The van der Waals surface area contributed by atoms with Crippen LogP contribution in [0.3, 0.4) is 0 Å². The predicted octanol–water partition coefficient (Wildman–Crippen LogP) is 0.999. The monoisotopic (exact) mass is 479 g/mol. The first-order valence-electron chi connectivity index (χ1n) is 10.1. The molecule has 2 aliphatic rings. The molecule has 1 amide bonds. The van der Waals surface area contributed by atoms with Crippen LogP contribution in [-0.4, -0.2) is 68.9 Å². The molecule has 0 N–H and O–H groups in total. The third kappa shape index (κ3) is 3.86. The average Bonchev–Trinajstić information content (AvgIpc) is 2.90. The number of rotatable bonds is 4. The summed E-state index contributed by atoms with van der Waals surface area (Å²) in [5.41, 5.74) is -0.494. The number of piperazine rings is 1. The Labute approximate surface area is 188 Å². The molecular weight excluding hydrogens is 454 g/mol. The predicted molar refractivity (Wildman–Crippen MR) is 119 cm³/mol. The molecule has 32 heavy (non-hydrogen) atoms. The molecule has 0 spiro atoms. The molecule has 172 valence electrons. The van der Waals surface area contributed by atoms with Gasteiger partial charge in [-0.2, -0.15) is 4.31 Å². The van der Waals surface area contributed by atoms with Crippen LogP contribution in [0.15, 0.2) is 41.6 Å². The maximum Gasteiger partial charge on any atom is 0.247 e. The molecule has 12 heteroatoms. The van der Waals surface area contributed by atoms with Crippen LogP contribution in [0.2, 0.25) is 0 Å². The van der Waals surface area contributed by atoms with Gasteiger partial charge in [0.1, 0.15) is 0 Å². The molecule has 1 aromatic carbocycles. The van der Waals surface area contributed by atoms with E-state index < -0.39 is 31.4 Å². The van der Waals surface area contributed by atoms with Crippen LogP contribution in [0.5, 0.6) is 0 Å². The van der Waals surface area contributed by atoms with Gasteiger partial charge in [-0.05, 0) is 50.6 Å². The van der Waals surface area contributed by atoms with E-state index in [1.54, 1.807) is 39.2 Å². The highest BCUT2D eigenvalue weighted by Gasteiger charge is 2.50. The van der Waals surface area contributed by atoms with E-state index in [1.165, 1.54) is 22.5 Å². The molecular formula is C20H25N5O5S2. The summed E-state index contributed by atoms with van der Waals surface area (Å²) in [5.74, 6) is -0.246. The van der Waals surface area contributed by atoms with Crippen molar-refractivity contribution in [3.63, 3.8) is 0 Å². The Morgan fingerprint density at radius 1 is 1.03 bits per heavy atom. The molecule has 1 aromatic heterocycles. The van der Waals surface area contributed by atoms with Crippen molar-refractivity contribution in [1.29, 1.82) is 0 Å². The number of anilines is 2. The van der Waals surface area contributed by atoms with Gasteiger partial charge in [0, 0.05) is 38.6 Å². The van der Waals surface area contributed by atoms with E-state index >= 15 is 0 Å². The van der Waals surface area contributed by atoms with Crippen LogP contribution in [0.4, 0.5) is 11.6 Å². The molecule has 0 unspecified atom stereocenters. The Bertz CT molecular complexity index is 1250. The Kier molecular flexibility index (Phi) is 5.50. The van der Waals surface area contributed by atoms with E-state index in [1.807, 2.05) is 4.90 Å². The van der Waals surface area contributed by atoms with Crippen molar-refractivity contribution in [1.82, 2.24) is 14.3 Å². The van der Waals surface area contributed by atoms with Crippen LogP contribution in [0.25, 0.3) is 0 Å². The summed E-state index contributed by atoms with van der Waals surface area (Å²) in [6, 6.07) is 5.92. The highest BCUT2D eigenvalue weighted by molar-refractivity contribution is 7.94. The number of aromatic nitrogens is 2. The summed E-state index contributed by atoms with van der Waals surface area (Å²) in [6.45, 7) is 6.22. The largest absolute Gasteiger partial charge is 0.338 e. The summed E-state index contributed by atoms with van der Waals surface area (Å²) in [4.78, 5) is 23.1. The molecule has 2 fully saturated rings. The van der Waals surface area contributed by atoms with Gasteiger partial charge in [0.05, 0.1) is 21.8 Å². The van der Waals surface area contributed by atoms with Gasteiger partial charge in [0.25, 0.3) is 0 Å². The first-order valence-corrected chi connectivity index (χ1v) is 13.2. The van der Waals surface area contributed by atoms with Crippen molar-refractivity contribution in [2.24, 2.45) is 5.41 Å². The Balaban J connectivity index is 1.56. The van der Waals surface area contributed by atoms with Crippen LogP contribution >= 0.6 is 0 Å². The van der Waals surface area contributed by atoms with Crippen LogP contribution in [0, 0.1) is 12.3 Å². The number of hydrogen-bond acceptors (Lipinski definition) is 8. The van der Waals surface area contributed by atoms with Gasteiger partial charge >= 0.3 is 0 Å². The van der Waals surface area contributed by atoms with Crippen molar-refractivity contribution in [2.45, 2.75) is 25.7 Å². The number of carbonyl (C=O) groups excluding carboxylic acids is 1. The second-order valence-electron chi connectivity index (χ2n) is 8.60. The quantitative estimate of drug-likeness (QED) is 0.637. The number of amides is 1. The number of nitrogens with zero attached hydrogens (tertiary/aromatic N) is 5. The van der Waals surface area contributed by atoms with Crippen LogP contribution in [0.1, 0.15) is 19.4 Å². The highest BCUT2D eigenvalue weighted by atomic mass is 32.2. The first kappa shape index (κ1) is 22.6. The number of hydrogen-bond donors (Lipinski definition) is 0. The number of carbonyl (C=O) groups is 1. The van der Waals surface area contributed by atoms with E-state index in [-0.39, 0.29) is 29.4 Å². The summed E-state index contributed by atoms with van der Waals surface area (Å²) in [5, 5.41) is 0. The second kappa shape index (κ2) is 7.78. The number of benzene rings is 1. The number of aryl methyl sites for hydroxylation is 1. The van der Waals surface area contributed by atoms with Crippen molar-refractivity contribution in [2.75, 3.05) is 41.1 Å². The zero-order valence-electron chi connectivity index (χ0n) is 18.1. The van der Waals surface area contributed by atoms with E-state index in [0.29, 0.717) is 24.6 Å². The molecule has 0 atom stereocenters. The topological polar surface area (TPSA) is 121 Å². The molecule has 0 aliphatic carbocycles. The molecule has 0 bridgehead atoms. The molecule has 10 nitrogen and oxygen atoms in total. The normalized spacial score (nSPS) is 21.2. The van der Waals surface area contributed by atoms with Crippen LogP contribution < -0.4 is 9.21 Å². The number of sulfonamides is 2. The zero-order chi connectivity index (χ0) is 23.3. The fourth-order valence-electron chi connectivity index (χ4n) is 4.03. The van der Waals surface area contributed by atoms with E-state index in [2.05, 4.69) is 9.97 Å². The lowest BCUT2D eigenvalue weighted by atomic mass is 9.95. The molecule has 3 heterocycles. The fourth-order valence-corrected chi connectivity index (χ4v) is 7.76. The lowest BCUT2D eigenvalue weighted by Crippen LogP contribution is -2.49.